The topological polar surface area (TPSA) is 52.9 Å². The molecule has 0 saturated carbocycles. The second-order valence-electron chi connectivity index (χ2n) is 6.84. The van der Waals surface area contributed by atoms with Gasteiger partial charge in [-0.2, -0.15) is 0 Å². The number of hydrogen-bond acceptors (Lipinski definition) is 5. The van der Waals surface area contributed by atoms with Crippen molar-refractivity contribution in [3.05, 3.63) is 34.1 Å². The normalized spacial score (nSPS) is 47.5. The third-order valence-electron chi connectivity index (χ3n) is 6.04. The van der Waals surface area contributed by atoms with E-state index in [0.29, 0.717) is 29.2 Å². The number of rotatable bonds is 0. The first-order valence-corrected chi connectivity index (χ1v) is 8.63. The molecule has 0 radical (unpaired) electrons. The summed E-state index contributed by atoms with van der Waals surface area (Å²) >= 11 is 1.76. The van der Waals surface area contributed by atoms with Crippen LogP contribution in [0.25, 0.3) is 0 Å². The number of thioether (sulfide) groups is 1. The number of likely N-dealkylation sites (tertiary alicyclic amines) is 1. The largest absolute Gasteiger partial charge is 0.508 e. The van der Waals surface area contributed by atoms with E-state index in [0.717, 1.165) is 19.4 Å². The summed E-state index contributed by atoms with van der Waals surface area (Å²) in [5.41, 5.74) is 1.09. The van der Waals surface area contributed by atoms with Crippen LogP contribution in [0.4, 0.5) is 0 Å². The molecule has 112 valence electrons. The number of hydrogen-bond donors (Lipinski definition) is 2. The van der Waals surface area contributed by atoms with Crippen LogP contribution in [0.2, 0.25) is 0 Å². The van der Waals surface area contributed by atoms with Gasteiger partial charge in [0, 0.05) is 22.9 Å². The number of allylic oxidation sites excluding steroid dienone is 1. The van der Waals surface area contributed by atoms with Gasteiger partial charge in [-0.1, -0.05) is 12.2 Å². The highest BCUT2D eigenvalue weighted by Gasteiger charge is 2.66. The number of aliphatic hydroxyl groups excluding tert-OH is 2. The van der Waals surface area contributed by atoms with Crippen molar-refractivity contribution in [1.29, 1.82) is 0 Å². The van der Waals surface area contributed by atoms with Crippen molar-refractivity contribution in [2.75, 3.05) is 19.3 Å². The van der Waals surface area contributed by atoms with Gasteiger partial charge in [0.2, 0.25) is 0 Å². The van der Waals surface area contributed by atoms with Crippen molar-refractivity contribution < 1.29 is 14.9 Å². The monoisotopic (exact) mass is 305 g/mol. The van der Waals surface area contributed by atoms with Crippen LogP contribution >= 0.6 is 11.8 Å². The fraction of sp³-hybridized carbons (Fsp3) is 0.625. The Morgan fingerprint density at radius 1 is 1.43 bits per heavy atom. The molecule has 1 spiro atoms. The maximum atomic E-state index is 10.5. The van der Waals surface area contributed by atoms with Gasteiger partial charge in [0.1, 0.15) is 18.0 Å². The summed E-state index contributed by atoms with van der Waals surface area (Å²) in [7, 11) is 2.20. The zero-order valence-electron chi connectivity index (χ0n) is 12.0. The first kappa shape index (κ1) is 12.6. The molecular weight excluding hydrogens is 286 g/mol. The molecule has 21 heavy (non-hydrogen) atoms. The maximum Gasteiger partial charge on any atom is 0.162 e. The van der Waals surface area contributed by atoms with E-state index in [1.807, 2.05) is 6.08 Å². The lowest BCUT2D eigenvalue weighted by Gasteiger charge is -2.56. The Morgan fingerprint density at radius 3 is 3.14 bits per heavy atom. The molecule has 2 saturated heterocycles. The SMILES string of the molecule is CN1CC[C@@]23C4=C5C[C@@H]1[C@@H]2C=C[C@H](O)[C@@H]3OC4=C(O)CS5. The summed E-state index contributed by atoms with van der Waals surface area (Å²) in [5, 5.41) is 20.7. The summed E-state index contributed by atoms with van der Waals surface area (Å²) in [5.74, 6) is 2.02. The minimum absolute atomic E-state index is 0.129. The van der Waals surface area contributed by atoms with E-state index >= 15 is 0 Å². The Hall–Kier alpha value is -0.910. The van der Waals surface area contributed by atoms with Gasteiger partial charge in [0.25, 0.3) is 0 Å². The van der Waals surface area contributed by atoms with E-state index in [1.165, 1.54) is 10.5 Å². The molecule has 0 unspecified atom stereocenters. The van der Waals surface area contributed by atoms with Crippen LogP contribution in [0, 0.1) is 11.3 Å². The molecule has 0 amide bonds. The molecule has 2 N–H and O–H groups in total. The van der Waals surface area contributed by atoms with E-state index in [-0.39, 0.29) is 11.5 Å². The average molecular weight is 305 g/mol. The Labute approximate surface area is 128 Å². The zero-order valence-corrected chi connectivity index (χ0v) is 12.8. The molecule has 5 atom stereocenters. The van der Waals surface area contributed by atoms with Crippen LogP contribution in [0.1, 0.15) is 12.8 Å². The third-order valence-corrected chi connectivity index (χ3v) is 7.18. The highest BCUT2D eigenvalue weighted by molar-refractivity contribution is 8.03. The van der Waals surface area contributed by atoms with Crippen LogP contribution < -0.4 is 0 Å². The lowest BCUT2D eigenvalue weighted by Crippen LogP contribution is -2.61. The number of nitrogens with zero attached hydrogens (tertiary/aromatic N) is 1. The first-order chi connectivity index (χ1) is 10.1. The van der Waals surface area contributed by atoms with E-state index in [4.69, 9.17) is 4.74 Å². The summed E-state index contributed by atoms with van der Waals surface area (Å²) in [6.45, 7) is 1.02. The molecule has 3 aliphatic heterocycles. The van der Waals surface area contributed by atoms with Crippen molar-refractivity contribution in [2.45, 2.75) is 31.1 Å². The maximum absolute atomic E-state index is 10.5. The Kier molecular flexibility index (Phi) is 2.34. The first-order valence-electron chi connectivity index (χ1n) is 7.65. The van der Waals surface area contributed by atoms with Gasteiger partial charge in [-0.05, 0) is 31.3 Å². The summed E-state index contributed by atoms with van der Waals surface area (Å²) < 4.78 is 6.13. The van der Waals surface area contributed by atoms with Crippen molar-refractivity contribution in [3.63, 3.8) is 0 Å². The Balaban J connectivity index is 1.80. The fourth-order valence-electron chi connectivity index (χ4n) is 5.11. The molecule has 4 nitrogen and oxygen atoms in total. The molecule has 5 rings (SSSR count). The van der Waals surface area contributed by atoms with E-state index in [2.05, 4.69) is 18.0 Å². The lowest BCUT2D eigenvalue weighted by molar-refractivity contribution is -0.0792. The van der Waals surface area contributed by atoms with Crippen molar-refractivity contribution in [3.8, 4) is 0 Å². The summed E-state index contributed by atoms with van der Waals surface area (Å²) in [4.78, 5) is 3.83. The standard InChI is InChI=1S/C16H19NO3S/c1-17-5-4-16-8-2-3-10(18)15(16)20-14-11(19)7-21-12(13(14)16)6-9(8)17/h2-3,8-10,15,18-19H,4-7H2,1H3/t8-,9+,10-,15-,16-/m0/s1. The van der Waals surface area contributed by atoms with Gasteiger partial charge in [-0.15, -0.1) is 11.8 Å². The molecule has 0 aromatic heterocycles. The zero-order chi connectivity index (χ0) is 14.4. The van der Waals surface area contributed by atoms with Crippen molar-refractivity contribution >= 4 is 11.8 Å². The van der Waals surface area contributed by atoms with Crippen LogP contribution in [-0.2, 0) is 4.74 Å². The molecule has 2 bridgehead atoms. The molecule has 2 aliphatic carbocycles. The molecule has 3 heterocycles. The molecule has 5 aliphatic rings. The van der Waals surface area contributed by atoms with Crippen LogP contribution in [0.5, 0.6) is 0 Å². The highest BCUT2D eigenvalue weighted by atomic mass is 32.2. The molecular formula is C16H19NO3S. The molecule has 5 heteroatoms. The second kappa shape index (κ2) is 3.89. The Bertz CT molecular complexity index is 625. The Morgan fingerprint density at radius 2 is 2.29 bits per heavy atom. The van der Waals surface area contributed by atoms with Gasteiger partial charge in [0.05, 0.1) is 5.75 Å². The fourth-order valence-corrected chi connectivity index (χ4v) is 6.27. The molecule has 0 aromatic rings. The van der Waals surface area contributed by atoms with Crippen molar-refractivity contribution in [1.82, 2.24) is 4.90 Å². The van der Waals surface area contributed by atoms with Gasteiger partial charge in [-0.25, -0.2) is 0 Å². The van der Waals surface area contributed by atoms with Crippen LogP contribution in [0.3, 0.4) is 0 Å². The van der Waals surface area contributed by atoms with Gasteiger partial charge in [-0.3, -0.25) is 0 Å². The quantitative estimate of drug-likeness (QED) is 0.668. The van der Waals surface area contributed by atoms with Gasteiger partial charge >= 0.3 is 0 Å². The minimum Gasteiger partial charge on any atom is -0.508 e. The smallest absolute Gasteiger partial charge is 0.162 e. The van der Waals surface area contributed by atoms with E-state index < -0.39 is 6.10 Å². The predicted octanol–water partition coefficient (Wildman–Crippen LogP) is 1.80. The predicted molar refractivity (Wildman–Crippen MR) is 80.7 cm³/mol. The number of aliphatic hydroxyl groups is 2. The van der Waals surface area contributed by atoms with Crippen molar-refractivity contribution in [2.24, 2.45) is 11.3 Å². The minimum atomic E-state index is -0.576. The lowest BCUT2D eigenvalue weighted by atomic mass is 9.54. The molecule has 0 aromatic carbocycles. The van der Waals surface area contributed by atoms with Gasteiger partial charge < -0.3 is 19.8 Å². The third kappa shape index (κ3) is 1.32. The van der Waals surface area contributed by atoms with Crippen LogP contribution in [0.15, 0.2) is 34.1 Å². The summed E-state index contributed by atoms with van der Waals surface area (Å²) in [6.07, 6.45) is 5.32. The summed E-state index contributed by atoms with van der Waals surface area (Å²) in [6, 6.07) is 0.486. The second-order valence-corrected chi connectivity index (χ2v) is 7.91. The van der Waals surface area contributed by atoms with E-state index in [1.54, 1.807) is 11.8 Å². The number of piperidine rings is 1. The average Bonchev–Trinajstić information content (AvgIpc) is 2.83. The highest BCUT2D eigenvalue weighted by Crippen LogP contribution is 2.66. The van der Waals surface area contributed by atoms with Gasteiger partial charge in [0.15, 0.2) is 5.76 Å². The van der Waals surface area contributed by atoms with Crippen LogP contribution in [-0.4, -0.2) is 52.7 Å². The number of ether oxygens (including phenoxy) is 1. The molecule has 2 fully saturated rings. The van der Waals surface area contributed by atoms with E-state index in [9.17, 15) is 10.2 Å².